The molecule has 3 amide bonds. The fraction of sp³-hybridized carbons (Fsp3) is 0.318. The van der Waals surface area contributed by atoms with E-state index in [9.17, 15) is 14.4 Å². The first-order chi connectivity index (χ1) is 14.3. The summed E-state index contributed by atoms with van der Waals surface area (Å²) >= 11 is 0. The molecule has 156 valence electrons. The number of nitrogens with one attached hydrogen (secondary N) is 1. The van der Waals surface area contributed by atoms with Crippen LogP contribution in [0.2, 0.25) is 0 Å². The number of carbonyl (C=O) groups is 3. The summed E-state index contributed by atoms with van der Waals surface area (Å²) < 4.78 is 12.6. The van der Waals surface area contributed by atoms with Crippen molar-refractivity contribution in [2.45, 2.75) is 32.9 Å². The van der Waals surface area contributed by atoms with Crippen molar-refractivity contribution in [2.24, 2.45) is 0 Å². The number of hydrogen-bond donors (Lipinski definition) is 1. The van der Waals surface area contributed by atoms with Crippen molar-refractivity contribution in [3.05, 3.63) is 59.4 Å². The zero-order valence-electron chi connectivity index (χ0n) is 17.2. The first-order valence-electron chi connectivity index (χ1n) is 9.61. The molecule has 0 saturated carbocycles. The van der Waals surface area contributed by atoms with Gasteiger partial charge in [-0.1, -0.05) is 12.1 Å². The van der Waals surface area contributed by atoms with Gasteiger partial charge in [-0.15, -0.1) is 6.58 Å². The van der Waals surface area contributed by atoms with Gasteiger partial charge < -0.3 is 19.4 Å². The van der Waals surface area contributed by atoms with Crippen molar-refractivity contribution in [3.63, 3.8) is 0 Å². The van der Waals surface area contributed by atoms with Gasteiger partial charge in [0, 0.05) is 23.5 Å². The lowest BCUT2D eigenvalue weighted by Gasteiger charge is -2.22. The van der Waals surface area contributed by atoms with Crippen LogP contribution in [0.1, 0.15) is 34.2 Å². The molecule has 2 aliphatic rings. The summed E-state index contributed by atoms with van der Waals surface area (Å²) in [5.74, 6) is 0.317. The molecule has 30 heavy (non-hydrogen) atoms. The second-order valence-corrected chi connectivity index (χ2v) is 7.62. The minimum absolute atomic E-state index is 0.112. The molecule has 1 aromatic heterocycles. The molecule has 0 radical (unpaired) electrons. The van der Waals surface area contributed by atoms with E-state index in [0.29, 0.717) is 29.2 Å². The van der Waals surface area contributed by atoms with Gasteiger partial charge >= 0.3 is 6.03 Å². The highest BCUT2D eigenvalue weighted by Crippen LogP contribution is 2.37. The summed E-state index contributed by atoms with van der Waals surface area (Å²) in [5, 5.41) is 2.72. The summed E-state index contributed by atoms with van der Waals surface area (Å²) in [7, 11) is 0. The van der Waals surface area contributed by atoms with E-state index >= 15 is 0 Å². The number of benzene rings is 1. The number of ether oxygens (including phenoxy) is 2. The van der Waals surface area contributed by atoms with Crippen molar-refractivity contribution in [1.29, 1.82) is 0 Å². The normalized spacial score (nSPS) is 19.9. The highest BCUT2D eigenvalue weighted by molar-refractivity contribution is 6.11. The predicted octanol–water partition coefficient (Wildman–Crippen LogP) is 2.67. The van der Waals surface area contributed by atoms with Gasteiger partial charge in [0.2, 0.25) is 6.79 Å². The molecule has 3 heterocycles. The Morgan fingerprint density at radius 3 is 2.70 bits per heavy atom. The predicted molar refractivity (Wildman–Crippen MR) is 109 cm³/mol. The third-order valence-electron chi connectivity index (χ3n) is 5.71. The third kappa shape index (κ3) is 2.96. The van der Waals surface area contributed by atoms with Gasteiger partial charge in [-0.05, 0) is 44.5 Å². The van der Waals surface area contributed by atoms with Crippen LogP contribution in [-0.2, 0) is 16.9 Å². The molecule has 2 aromatic rings. The number of imide groups is 1. The lowest BCUT2D eigenvalue weighted by atomic mass is 9.91. The number of carbonyl (C=O) groups excluding carboxylic acids is 3. The number of aromatic nitrogens is 1. The average molecular weight is 409 g/mol. The Morgan fingerprint density at radius 1 is 1.23 bits per heavy atom. The third-order valence-corrected chi connectivity index (χ3v) is 5.71. The van der Waals surface area contributed by atoms with Crippen LogP contribution in [0.5, 0.6) is 11.5 Å². The molecule has 1 fully saturated rings. The Bertz CT molecular complexity index is 1090. The van der Waals surface area contributed by atoms with Crippen molar-refractivity contribution >= 4 is 17.7 Å². The minimum Gasteiger partial charge on any atom is -0.454 e. The van der Waals surface area contributed by atoms with Crippen LogP contribution in [0.25, 0.3) is 0 Å². The van der Waals surface area contributed by atoms with Gasteiger partial charge in [0.15, 0.2) is 17.3 Å². The molecule has 2 aliphatic heterocycles. The molecule has 8 nitrogen and oxygen atoms in total. The number of urea groups is 1. The Labute approximate surface area is 174 Å². The monoisotopic (exact) mass is 409 g/mol. The van der Waals surface area contributed by atoms with Crippen LogP contribution in [0.3, 0.4) is 0 Å². The number of Topliss-reactive ketones (excluding diaryl/α,β-unsaturated/α-hetero) is 1. The molecular formula is C22H23N3O5. The van der Waals surface area contributed by atoms with Gasteiger partial charge in [0.05, 0.1) is 6.54 Å². The number of hydrogen-bond acceptors (Lipinski definition) is 5. The molecule has 4 rings (SSSR count). The van der Waals surface area contributed by atoms with E-state index in [1.807, 2.05) is 18.4 Å². The van der Waals surface area contributed by atoms with Gasteiger partial charge in [-0.3, -0.25) is 14.5 Å². The summed E-state index contributed by atoms with van der Waals surface area (Å²) in [6.07, 6.45) is 1.75. The van der Waals surface area contributed by atoms with Crippen molar-refractivity contribution in [1.82, 2.24) is 14.8 Å². The van der Waals surface area contributed by atoms with E-state index in [4.69, 9.17) is 9.47 Å². The Kier molecular flexibility index (Phi) is 4.64. The fourth-order valence-electron chi connectivity index (χ4n) is 3.97. The standard InChI is InChI=1S/C22H23N3O5/c1-5-8-24-13(2)9-16(14(24)3)17(26)11-25-20(27)22(4,23-21(25)28)15-6-7-18-19(10-15)30-12-29-18/h5-7,9-10H,1,8,11-12H2,2-4H3,(H,23,28)/t22-/m1/s1. The van der Waals surface area contributed by atoms with Crippen LogP contribution in [-0.4, -0.2) is 40.5 Å². The molecule has 1 N–H and O–H groups in total. The Morgan fingerprint density at radius 2 is 1.97 bits per heavy atom. The van der Waals surface area contributed by atoms with Crippen molar-refractivity contribution < 1.29 is 23.9 Å². The second kappa shape index (κ2) is 7.05. The molecular weight excluding hydrogens is 386 g/mol. The SMILES string of the molecule is C=CCn1c(C)cc(C(=O)CN2C(=O)N[C@](C)(c3ccc4c(c3)OCO4)C2=O)c1C. The van der Waals surface area contributed by atoms with Crippen molar-refractivity contribution in [3.8, 4) is 11.5 Å². The van der Waals surface area contributed by atoms with Crippen LogP contribution >= 0.6 is 0 Å². The number of aryl methyl sites for hydroxylation is 1. The molecule has 0 bridgehead atoms. The van der Waals surface area contributed by atoms with Crippen LogP contribution < -0.4 is 14.8 Å². The average Bonchev–Trinajstić information content (AvgIpc) is 3.35. The molecule has 0 aliphatic carbocycles. The van der Waals surface area contributed by atoms with E-state index in [-0.39, 0.29) is 19.1 Å². The molecule has 1 atom stereocenters. The maximum absolute atomic E-state index is 13.2. The number of fused-ring (bicyclic) bond motifs is 1. The maximum atomic E-state index is 13.2. The highest BCUT2D eigenvalue weighted by Gasteiger charge is 2.50. The van der Waals surface area contributed by atoms with Crippen LogP contribution in [0.4, 0.5) is 4.79 Å². The summed E-state index contributed by atoms with van der Waals surface area (Å²) in [5.41, 5.74) is 1.45. The largest absolute Gasteiger partial charge is 0.454 e. The number of allylic oxidation sites excluding steroid dienone is 1. The number of amides is 3. The highest BCUT2D eigenvalue weighted by atomic mass is 16.7. The Hall–Kier alpha value is -3.55. The number of rotatable bonds is 6. The molecule has 1 saturated heterocycles. The van der Waals surface area contributed by atoms with Crippen molar-refractivity contribution in [2.75, 3.05) is 13.3 Å². The van der Waals surface area contributed by atoms with E-state index in [2.05, 4.69) is 11.9 Å². The summed E-state index contributed by atoms with van der Waals surface area (Å²) in [4.78, 5) is 39.7. The van der Waals surface area contributed by atoms with E-state index < -0.39 is 17.5 Å². The lowest BCUT2D eigenvalue weighted by Crippen LogP contribution is -2.41. The Balaban J connectivity index is 1.58. The van der Waals surface area contributed by atoms with Crippen LogP contribution in [0, 0.1) is 13.8 Å². The molecule has 0 spiro atoms. The van der Waals surface area contributed by atoms with E-state index in [0.717, 1.165) is 16.3 Å². The lowest BCUT2D eigenvalue weighted by molar-refractivity contribution is -0.130. The molecule has 8 heteroatoms. The van der Waals surface area contributed by atoms with E-state index in [1.54, 1.807) is 37.3 Å². The van der Waals surface area contributed by atoms with Gasteiger partial charge in [0.1, 0.15) is 5.54 Å². The van der Waals surface area contributed by atoms with Gasteiger partial charge in [-0.25, -0.2) is 4.79 Å². The number of nitrogens with zero attached hydrogens (tertiary/aromatic N) is 2. The van der Waals surface area contributed by atoms with Gasteiger partial charge in [-0.2, -0.15) is 0 Å². The topological polar surface area (TPSA) is 89.9 Å². The first kappa shape index (κ1) is 19.8. The zero-order chi connectivity index (χ0) is 21.6. The summed E-state index contributed by atoms with van der Waals surface area (Å²) in [6.45, 7) is 9.45. The summed E-state index contributed by atoms with van der Waals surface area (Å²) in [6, 6.07) is 6.25. The van der Waals surface area contributed by atoms with E-state index in [1.165, 1.54) is 0 Å². The minimum atomic E-state index is -1.29. The van der Waals surface area contributed by atoms with Gasteiger partial charge in [0.25, 0.3) is 5.91 Å². The smallest absolute Gasteiger partial charge is 0.325 e. The maximum Gasteiger partial charge on any atom is 0.325 e. The molecule has 0 unspecified atom stereocenters. The second-order valence-electron chi connectivity index (χ2n) is 7.62. The van der Waals surface area contributed by atoms with Crippen LogP contribution in [0.15, 0.2) is 36.9 Å². The number of ketones is 1. The zero-order valence-corrected chi connectivity index (χ0v) is 17.2. The molecule has 1 aromatic carbocycles. The first-order valence-corrected chi connectivity index (χ1v) is 9.61. The fourth-order valence-corrected chi connectivity index (χ4v) is 3.97. The quantitative estimate of drug-likeness (QED) is 0.450.